The molecule has 1 aromatic heterocycles. The summed E-state index contributed by atoms with van der Waals surface area (Å²) in [5.41, 5.74) is 0.263. The summed E-state index contributed by atoms with van der Waals surface area (Å²) < 4.78 is 15.7. The lowest BCUT2D eigenvalue weighted by Gasteiger charge is -2.14. The quantitative estimate of drug-likeness (QED) is 0.540. The number of nitrogens with zero attached hydrogens (tertiary/aromatic N) is 2. The summed E-state index contributed by atoms with van der Waals surface area (Å²) in [4.78, 5) is 4.32. The molecule has 1 atom stereocenters. The molecule has 0 aliphatic carbocycles. The zero-order valence-corrected chi connectivity index (χ0v) is 13.2. The number of aliphatic hydroxyl groups excluding tert-OH is 1. The van der Waals surface area contributed by atoms with Gasteiger partial charge in [0.25, 0.3) is 0 Å². The number of guanidine groups is 1. The molecule has 0 radical (unpaired) electrons. The van der Waals surface area contributed by atoms with Crippen LogP contribution in [0.15, 0.2) is 53.8 Å². The van der Waals surface area contributed by atoms with Crippen molar-refractivity contribution in [2.45, 2.75) is 19.6 Å². The third kappa shape index (κ3) is 5.41. The summed E-state index contributed by atoms with van der Waals surface area (Å²) in [6.45, 7) is 4.30. The molecule has 0 spiro atoms. The van der Waals surface area contributed by atoms with Crippen molar-refractivity contribution in [2.75, 3.05) is 19.6 Å². The lowest BCUT2D eigenvalue weighted by atomic mass is 10.1. The first-order valence-electron chi connectivity index (χ1n) is 7.76. The van der Waals surface area contributed by atoms with Gasteiger partial charge in [0.2, 0.25) is 0 Å². The van der Waals surface area contributed by atoms with Gasteiger partial charge < -0.3 is 20.3 Å². The number of benzene rings is 1. The van der Waals surface area contributed by atoms with E-state index in [1.165, 1.54) is 6.07 Å². The Morgan fingerprint density at radius 2 is 1.96 bits per heavy atom. The molecule has 5 nitrogen and oxygen atoms in total. The number of rotatable bonds is 7. The van der Waals surface area contributed by atoms with Gasteiger partial charge in [0.05, 0.1) is 6.54 Å². The molecule has 0 saturated heterocycles. The number of nitrogens with one attached hydrogen (secondary N) is 2. The zero-order chi connectivity index (χ0) is 16.5. The fourth-order valence-electron chi connectivity index (χ4n) is 2.19. The van der Waals surface area contributed by atoms with Crippen molar-refractivity contribution in [2.24, 2.45) is 4.99 Å². The van der Waals surface area contributed by atoms with Crippen LogP contribution in [0, 0.1) is 5.82 Å². The molecule has 2 aromatic rings. The molecular formula is C17H23FN4O. The van der Waals surface area contributed by atoms with Crippen LogP contribution < -0.4 is 10.6 Å². The van der Waals surface area contributed by atoms with E-state index >= 15 is 0 Å². The van der Waals surface area contributed by atoms with Crippen LogP contribution in [0.3, 0.4) is 0 Å². The van der Waals surface area contributed by atoms with E-state index in [1.54, 1.807) is 18.2 Å². The highest BCUT2D eigenvalue weighted by atomic mass is 19.1. The fraction of sp³-hybridized carbons (Fsp3) is 0.353. The van der Waals surface area contributed by atoms with E-state index in [2.05, 4.69) is 20.2 Å². The van der Waals surface area contributed by atoms with E-state index in [0.717, 1.165) is 6.54 Å². The average molecular weight is 318 g/mol. The molecule has 1 heterocycles. The average Bonchev–Trinajstić information content (AvgIpc) is 3.06. The smallest absolute Gasteiger partial charge is 0.191 e. The third-order valence-corrected chi connectivity index (χ3v) is 3.36. The molecule has 0 aliphatic rings. The predicted molar refractivity (Wildman–Crippen MR) is 89.8 cm³/mol. The van der Waals surface area contributed by atoms with Crippen LogP contribution in [0.5, 0.6) is 0 Å². The lowest BCUT2D eigenvalue weighted by Crippen LogP contribution is -2.39. The number of aromatic nitrogens is 1. The largest absolute Gasteiger partial charge is 0.386 e. The molecule has 3 N–H and O–H groups in total. The Morgan fingerprint density at radius 1 is 1.22 bits per heavy atom. The van der Waals surface area contributed by atoms with Gasteiger partial charge in [-0.1, -0.05) is 18.2 Å². The fourth-order valence-corrected chi connectivity index (χ4v) is 2.19. The minimum Gasteiger partial charge on any atom is -0.386 e. The van der Waals surface area contributed by atoms with Crippen LogP contribution in [-0.2, 0) is 6.54 Å². The van der Waals surface area contributed by atoms with Crippen LogP contribution >= 0.6 is 0 Å². The Kier molecular flexibility index (Phi) is 6.62. The van der Waals surface area contributed by atoms with Crippen molar-refractivity contribution < 1.29 is 9.50 Å². The molecule has 23 heavy (non-hydrogen) atoms. The summed E-state index contributed by atoms with van der Waals surface area (Å²) in [6.07, 6.45) is 3.03. The Morgan fingerprint density at radius 3 is 2.65 bits per heavy atom. The van der Waals surface area contributed by atoms with Gasteiger partial charge in [0.1, 0.15) is 11.9 Å². The van der Waals surface area contributed by atoms with E-state index in [-0.39, 0.29) is 12.1 Å². The summed E-state index contributed by atoms with van der Waals surface area (Å²) in [5, 5.41) is 16.4. The molecule has 0 fully saturated rings. The van der Waals surface area contributed by atoms with Crippen molar-refractivity contribution in [3.05, 3.63) is 60.2 Å². The SMILES string of the molecule is CCNC(=NCC(O)c1ccccc1F)NCCn1cccc1. The van der Waals surface area contributed by atoms with Crippen molar-refractivity contribution >= 4 is 5.96 Å². The van der Waals surface area contributed by atoms with Gasteiger partial charge in [-0.25, -0.2) is 4.39 Å². The third-order valence-electron chi connectivity index (χ3n) is 3.36. The topological polar surface area (TPSA) is 61.6 Å². The van der Waals surface area contributed by atoms with E-state index in [4.69, 9.17) is 0 Å². The molecule has 2 rings (SSSR count). The second kappa shape index (κ2) is 8.95. The highest BCUT2D eigenvalue weighted by molar-refractivity contribution is 5.79. The van der Waals surface area contributed by atoms with Crippen molar-refractivity contribution in [3.63, 3.8) is 0 Å². The first-order chi connectivity index (χ1) is 11.2. The Labute approximate surface area is 135 Å². The first kappa shape index (κ1) is 17.0. The predicted octanol–water partition coefficient (Wildman–Crippen LogP) is 1.92. The van der Waals surface area contributed by atoms with Gasteiger partial charge in [-0.3, -0.25) is 4.99 Å². The molecule has 0 saturated carbocycles. The van der Waals surface area contributed by atoms with Crippen LogP contribution in [0.4, 0.5) is 4.39 Å². The number of halogens is 1. The van der Waals surface area contributed by atoms with E-state index in [1.807, 2.05) is 31.5 Å². The highest BCUT2D eigenvalue weighted by Crippen LogP contribution is 2.16. The Hall–Kier alpha value is -2.34. The zero-order valence-electron chi connectivity index (χ0n) is 13.2. The highest BCUT2D eigenvalue weighted by Gasteiger charge is 2.11. The maximum Gasteiger partial charge on any atom is 0.191 e. The first-order valence-corrected chi connectivity index (χ1v) is 7.76. The molecule has 1 unspecified atom stereocenters. The standard InChI is InChI=1S/C17H23FN4O/c1-2-19-17(20-9-12-22-10-5-6-11-22)21-13-16(23)14-7-3-4-8-15(14)18/h3-8,10-11,16,23H,2,9,12-13H2,1H3,(H2,19,20,21). The van der Waals surface area contributed by atoms with Crippen molar-refractivity contribution in [1.82, 2.24) is 15.2 Å². The minimum atomic E-state index is -0.962. The molecule has 6 heteroatoms. The Bertz CT molecular complexity index is 613. The summed E-state index contributed by atoms with van der Waals surface area (Å²) in [6, 6.07) is 10.2. The lowest BCUT2D eigenvalue weighted by molar-refractivity contribution is 0.182. The molecular weight excluding hydrogens is 295 g/mol. The van der Waals surface area contributed by atoms with Crippen LogP contribution in [0.2, 0.25) is 0 Å². The van der Waals surface area contributed by atoms with Crippen LogP contribution in [-0.4, -0.2) is 35.3 Å². The second-order valence-corrected chi connectivity index (χ2v) is 5.10. The van der Waals surface area contributed by atoms with Crippen LogP contribution in [0.25, 0.3) is 0 Å². The molecule has 124 valence electrons. The van der Waals surface area contributed by atoms with E-state index in [0.29, 0.717) is 19.0 Å². The Balaban J connectivity index is 1.88. The van der Waals surface area contributed by atoms with Gasteiger partial charge in [-0.15, -0.1) is 0 Å². The van der Waals surface area contributed by atoms with Gasteiger partial charge in [0.15, 0.2) is 5.96 Å². The number of aliphatic hydroxyl groups is 1. The number of hydrogen-bond donors (Lipinski definition) is 3. The molecule has 0 aliphatic heterocycles. The summed E-state index contributed by atoms with van der Waals surface area (Å²) >= 11 is 0. The maximum atomic E-state index is 13.6. The minimum absolute atomic E-state index is 0.0970. The second-order valence-electron chi connectivity index (χ2n) is 5.10. The van der Waals surface area contributed by atoms with Crippen molar-refractivity contribution in [1.29, 1.82) is 0 Å². The van der Waals surface area contributed by atoms with Crippen molar-refractivity contribution in [3.8, 4) is 0 Å². The molecule has 1 aromatic carbocycles. The number of hydrogen-bond acceptors (Lipinski definition) is 2. The maximum absolute atomic E-state index is 13.6. The summed E-state index contributed by atoms with van der Waals surface area (Å²) in [7, 11) is 0. The monoisotopic (exact) mass is 318 g/mol. The number of aliphatic imine (C=N–C) groups is 1. The van der Waals surface area contributed by atoms with E-state index in [9.17, 15) is 9.50 Å². The van der Waals surface area contributed by atoms with Crippen LogP contribution in [0.1, 0.15) is 18.6 Å². The summed E-state index contributed by atoms with van der Waals surface area (Å²) in [5.74, 6) is 0.191. The van der Waals surface area contributed by atoms with Gasteiger partial charge in [-0.05, 0) is 25.1 Å². The molecule has 0 bridgehead atoms. The molecule has 0 amide bonds. The van der Waals surface area contributed by atoms with E-state index < -0.39 is 11.9 Å². The van der Waals surface area contributed by atoms with Gasteiger partial charge in [0, 0.05) is 37.6 Å². The van der Waals surface area contributed by atoms with Gasteiger partial charge in [-0.2, -0.15) is 0 Å². The normalized spacial score (nSPS) is 12.9. The van der Waals surface area contributed by atoms with Gasteiger partial charge >= 0.3 is 0 Å².